The van der Waals surface area contributed by atoms with Crippen LogP contribution in [-0.2, 0) is 11.3 Å². The van der Waals surface area contributed by atoms with Gasteiger partial charge in [-0.05, 0) is 31.0 Å². The third-order valence-electron chi connectivity index (χ3n) is 5.55. The van der Waals surface area contributed by atoms with Crippen molar-refractivity contribution in [1.82, 2.24) is 9.80 Å². The number of benzene rings is 1. The summed E-state index contributed by atoms with van der Waals surface area (Å²) in [7, 11) is 0. The highest BCUT2D eigenvalue weighted by Gasteiger charge is 2.40. The number of ether oxygens (including phenoxy) is 2. The maximum Gasteiger partial charge on any atom is 0.250 e. The van der Waals surface area contributed by atoms with E-state index in [1.165, 1.54) is 5.56 Å². The van der Waals surface area contributed by atoms with Crippen LogP contribution in [0.3, 0.4) is 0 Å². The minimum absolute atomic E-state index is 0.105. The first kappa shape index (κ1) is 21.4. The number of halogens is 2. The molecule has 1 aromatic rings. The van der Waals surface area contributed by atoms with Crippen molar-refractivity contribution in [2.24, 2.45) is 0 Å². The summed E-state index contributed by atoms with van der Waals surface area (Å²) in [5, 5.41) is 10.9. The van der Waals surface area contributed by atoms with E-state index in [1.807, 2.05) is 36.1 Å². The molecule has 0 saturated carbocycles. The van der Waals surface area contributed by atoms with Gasteiger partial charge >= 0.3 is 0 Å². The number of alkyl halides is 2. The van der Waals surface area contributed by atoms with Gasteiger partial charge in [0.2, 0.25) is 0 Å². The fourth-order valence-electron chi connectivity index (χ4n) is 3.97. The van der Waals surface area contributed by atoms with Crippen LogP contribution in [0.1, 0.15) is 31.7 Å². The van der Waals surface area contributed by atoms with Crippen molar-refractivity contribution < 1.29 is 23.4 Å². The molecule has 28 heavy (non-hydrogen) atoms. The molecule has 1 N–H and O–H groups in total. The number of nitrogens with zero attached hydrogens (tertiary/aromatic N) is 2. The van der Waals surface area contributed by atoms with Crippen LogP contribution in [0.25, 0.3) is 0 Å². The Hall–Kier alpha value is -1.28. The van der Waals surface area contributed by atoms with Gasteiger partial charge < -0.3 is 14.6 Å². The van der Waals surface area contributed by atoms with Crippen LogP contribution in [0.2, 0.25) is 0 Å². The van der Waals surface area contributed by atoms with Crippen LogP contribution in [0.15, 0.2) is 24.3 Å². The Morgan fingerprint density at radius 1 is 1.00 bits per heavy atom. The van der Waals surface area contributed by atoms with Crippen LogP contribution >= 0.6 is 0 Å². The van der Waals surface area contributed by atoms with Crippen LogP contribution in [0.5, 0.6) is 5.75 Å². The molecule has 158 valence electrons. The molecule has 2 aliphatic rings. The zero-order valence-electron chi connectivity index (χ0n) is 16.7. The first-order chi connectivity index (χ1) is 13.4. The number of β-amino-alcohol motifs (C(OH)–C–C–N with tert-alkyl or cyclic N) is 1. The average molecular weight is 398 g/mol. The van der Waals surface area contributed by atoms with Crippen molar-refractivity contribution in [3.63, 3.8) is 0 Å². The summed E-state index contributed by atoms with van der Waals surface area (Å²) in [6, 6.07) is 8.00. The Morgan fingerprint density at radius 2 is 1.68 bits per heavy atom. The summed E-state index contributed by atoms with van der Waals surface area (Å²) < 4.78 is 37.5. The zero-order valence-corrected chi connectivity index (χ0v) is 16.7. The lowest BCUT2D eigenvalue weighted by Gasteiger charge is -2.36. The number of hydrogen-bond donors (Lipinski definition) is 1. The van der Waals surface area contributed by atoms with E-state index in [0.717, 1.165) is 18.8 Å². The Morgan fingerprint density at radius 3 is 2.36 bits per heavy atom. The van der Waals surface area contributed by atoms with Gasteiger partial charge in [-0.2, -0.15) is 0 Å². The maximum absolute atomic E-state index is 13.3. The van der Waals surface area contributed by atoms with Crippen molar-refractivity contribution in [3.8, 4) is 5.75 Å². The summed E-state index contributed by atoms with van der Waals surface area (Å²) in [5.41, 5.74) is 0.355. The SMILES string of the molecule is CCOCCOc1ccc(CN2CCC(O)(CN3CCC(F)(F)CC3)C2)cc1. The molecule has 1 unspecified atom stereocenters. The van der Waals surface area contributed by atoms with Crippen LogP contribution in [-0.4, -0.2) is 79.0 Å². The van der Waals surface area contributed by atoms with Crippen molar-refractivity contribution in [2.75, 3.05) is 52.5 Å². The predicted octanol–water partition coefficient (Wildman–Crippen LogP) is 2.77. The van der Waals surface area contributed by atoms with Gasteiger partial charge in [0.1, 0.15) is 12.4 Å². The van der Waals surface area contributed by atoms with Gasteiger partial charge in [0, 0.05) is 58.7 Å². The maximum atomic E-state index is 13.3. The van der Waals surface area contributed by atoms with E-state index in [-0.39, 0.29) is 12.8 Å². The molecule has 5 nitrogen and oxygen atoms in total. The highest BCUT2D eigenvalue weighted by atomic mass is 19.3. The molecular weight excluding hydrogens is 366 g/mol. The average Bonchev–Trinajstić information content (AvgIpc) is 3.02. The quantitative estimate of drug-likeness (QED) is 0.648. The third-order valence-corrected chi connectivity index (χ3v) is 5.55. The molecule has 0 amide bonds. The van der Waals surface area contributed by atoms with E-state index in [2.05, 4.69) is 4.90 Å². The Labute approximate surface area is 166 Å². The lowest BCUT2D eigenvalue weighted by Crippen LogP contribution is -2.49. The van der Waals surface area contributed by atoms with Gasteiger partial charge in [-0.25, -0.2) is 8.78 Å². The Kier molecular flexibility index (Phi) is 7.25. The molecule has 2 heterocycles. The summed E-state index contributed by atoms with van der Waals surface area (Å²) in [6.07, 6.45) is 0.468. The van der Waals surface area contributed by atoms with Crippen LogP contribution in [0, 0.1) is 0 Å². The number of piperidine rings is 1. The molecule has 7 heteroatoms. The molecular formula is C21H32F2N2O3. The molecule has 1 aromatic carbocycles. The first-order valence-corrected chi connectivity index (χ1v) is 10.2. The van der Waals surface area contributed by atoms with Crippen molar-refractivity contribution in [3.05, 3.63) is 29.8 Å². The minimum Gasteiger partial charge on any atom is -0.491 e. The number of likely N-dealkylation sites (tertiary alicyclic amines) is 2. The van der Waals surface area contributed by atoms with Crippen molar-refractivity contribution in [1.29, 1.82) is 0 Å². The molecule has 0 radical (unpaired) electrons. The fourth-order valence-corrected chi connectivity index (χ4v) is 3.97. The van der Waals surface area contributed by atoms with Gasteiger partial charge in [-0.3, -0.25) is 9.80 Å². The molecule has 0 spiro atoms. The molecule has 0 bridgehead atoms. The smallest absolute Gasteiger partial charge is 0.250 e. The third kappa shape index (κ3) is 6.37. The molecule has 2 fully saturated rings. The van der Waals surface area contributed by atoms with Crippen molar-refractivity contribution in [2.45, 2.75) is 44.3 Å². The van der Waals surface area contributed by atoms with E-state index >= 15 is 0 Å². The first-order valence-electron chi connectivity index (χ1n) is 10.2. The van der Waals surface area contributed by atoms with E-state index in [4.69, 9.17) is 9.47 Å². The van der Waals surface area contributed by atoms with Gasteiger partial charge in [-0.1, -0.05) is 12.1 Å². The number of hydrogen-bond acceptors (Lipinski definition) is 5. The highest BCUT2D eigenvalue weighted by molar-refractivity contribution is 5.27. The van der Waals surface area contributed by atoms with Gasteiger partial charge in [0.05, 0.1) is 12.2 Å². The summed E-state index contributed by atoms with van der Waals surface area (Å²) >= 11 is 0. The summed E-state index contributed by atoms with van der Waals surface area (Å²) in [4.78, 5) is 4.21. The zero-order chi connectivity index (χ0) is 20.0. The highest BCUT2D eigenvalue weighted by Crippen LogP contribution is 2.30. The lowest BCUT2D eigenvalue weighted by molar-refractivity contribution is -0.0724. The second-order valence-electron chi connectivity index (χ2n) is 8.01. The molecule has 2 aliphatic heterocycles. The van der Waals surface area contributed by atoms with Gasteiger partial charge in [0.15, 0.2) is 0 Å². The van der Waals surface area contributed by atoms with Gasteiger partial charge in [-0.15, -0.1) is 0 Å². The van der Waals surface area contributed by atoms with Crippen molar-refractivity contribution >= 4 is 0 Å². The standard InChI is InChI=1S/C21H32F2N2O3/c1-2-27-13-14-28-19-5-3-18(4-6-19)15-25-10-7-20(26,17-25)16-24-11-8-21(22,23)9-12-24/h3-6,26H,2,7-17H2,1H3. The predicted molar refractivity (Wildman–Crippen MR) is 104 cm³/mol. The fraction of sp³-hybridized carbons (Fsp3) is 0.714. The monoisotopic (exact) mass is 398 g/mol. The molecule has 0 aliphatic carbocycles. The van der Waals surface area contributed by atoms with Crippen LogP contribution < -0.4 is 4.74 Å². The molecule has 1 atom stereocenters. The Balaban J connectivity index is 1.42. The number of aliphatic hydroxyl groups is 1. The molecule has 3 rings (SSSR count). The van der Waals surface area contributed by atoms with E-state index in [9.17, 15) is 13.9 Å². The van der Waals surface area contributed by atoms with E-state index < -0.39 is 11.5 Å². The second kappa shape index (κ2) is 9.48. The minimum atomic E-state index is -2.54. The largest absolute Gasteiger partial charge is 0.491 e. The van der Waals surface area contributed by atoms with E-state index in [0.29, 0.717) is 52.4 Å². The Bertz CT molecular complexity index is 604. The molecule has 0 aromatic heterocycles. The summed E-state index contributed by atoms with van der Waals surface area (Å²) in [6.45, 7) is 7.12. The molecule has 2 saturated heterocycles. The second-order valence-corrected chi connectivity index (χ2v) is 8.01. The summed E-state index contributed by atoms with van der Waals surface area (Å²) in [5.74, 6) is -1.72. The lowest BCUT2D eigenvalue weighted by atomic mass is 10.00. The van der Waals surface area contributed by atoms with Gasteiger partial charge in [0.25, 0.3) is 5.92 Å². The topological polar surface area (TPSA) is 45.2 Å². The van der Waals surface area contributed by atoms with E-state index in [1.54, 1.807) is 0 Å². The number of rotatable bonds is 9. The van der Waals surface area contributed by atoms with Crippen LogP contribution in [0.4, 0.5) is 8.78 Å². The normalized spacial score (nSPS) is 25.9.